The zero-order valence-corrected chi connectivity index (χ0v) is 16.8. The van der Waals surface area contributed by atoms with Crippen LogP contribution >= 0.6 is 15.2 Å². The summed E-state index contributed by atoms with van der Waals surface area (Å²) >= 11 is 0. The lowest BCUT2D eigenvalue weighted by Gasteiger charge is -2.37. The van der Waals surface area contributed by atoms with Gasteiger partial charge in [-0.25, -0.2) is 0 Å². The molecule has 10 heteroatoms. The predicted molar refractivity (Wildman–Crippen MR) is 89.8 cm³/mol. The van der Waals surface area contributed by atoms with Gasteiger partial charge in [-0.15, -0.1) is 0 Å². The minimum Gasteiger partial charge on any atom is -0.367 e. The Bertz CT molecular complexity index is 391. The van der Waals surface area contributed by atoms with Crippen LogP contribution in [0.15, 0.2) is 0 Å². The highest BCUT2D eigenvalue weighted by atomic mass is 31.2. The maximum absolute atomic E-state index is 12.8. The van der Waals surface area contributed by atoms with Crippen molar-refractivity contribution in [3.8, 4) is 0 Å². The smallest absolute Gasteiger partial charge is 0.367 e. The molecule has 140 valence electrons. The molecule has 0 bridgehead atoms. The molecule has 23 heavy (non-hydrogen) atoms. The normalized spacial score (nSPS) is 13.7. The second-order valence-electron chi connectivity index (χ2n) is 5.26. The third-order valence-corrected chi connectivity index (χ3v) is 9.41. The van der Waals surface area contributed by atoms with Gasteiger partial charge in [0.15, 0.2) is 0 Å². The van der Waals surface area contributed by atoms with Crippen molar-refractivity contribution in [3.05, 3.63) is 0 Å². The quantitative estimate of drug-likeness (QED) is 0.388. The summed E-state index contributed by atoms with van der Waals surface area (Å²) in [5.41, 5.74) is 0. The van der Waals surface area contributed by atoms with Crippen molar-refractivity contribution in [3.63, 3.8) is 0 Å². The molecule has 0 spiro atoms. The van der Waals surface area contributed by atoms with Crippen LogP contribution in [-0.4, -0.2) is 63.7 Å². The van der Waals surface area contributed by atoms with Crippen molar-refractivity contribution in [2.45, 2.75) is 37.7 Å². The minimum atomic E-state index is -4.13. The fourth-order valence-corrected chi connectivity index (χ4v) is 6.64. The van der Waals surface area contributed by atoms with Gasteiger partial charge in [0.05, 0.1) is 0 Å². The Morgan fingerprint density at radius 3 is 1.70 bits per heavy atom. The summed E-state index contributed by atoms with van der Waals surface area (Å²) in [6.45, 7) is 3.24. The van der Waals surface area contributed by atoms with Crippen LogP contribution in [0.25, 0.3) is 0 Å². The van der Waals surface area contributed by atoms with Crippen LogP contribution in [0.2, 0.25) is 0 Å². The summed E-state index contributed by atoms with van der Waals surface area (Å²) in [4.78, 5) is 1.95. The van der Waals surface area contributed by atoms with E-state index in [0.717, 1.165) is 54.2 Å². The van der Waals surface area contributed by atoms with E-state index in [1.54, 1.807) is 0 Å². The fourth-order valence-electron chi connectivity index (χ4n) is 2.24. The Morgan fingerprint density at radius 1 is 0.913 bits per heavy atom. The Hall–Kier alpha value is 0.220. The van der Waals surface area contributed by atoms with E-state index in [0.29, 0.717) is 6.54 Å². The first-order valence-corrected chi connectivity index (χ1v) is 10.6. The van der Waals surface area contributed by atoms with Gasteiger partial charge in [-0.3, -0.25) is 9.13 Å². The van der Waals surface area contributed by atoms with Gasteiger partial charge in [0.25, 0.3) is 5.08 Å². The van der Waals surface area contributed by atoms with Crippen molar-refractivity contribution in [1.29, 1.82) is 0 Å². The van der Waals surface area contributed by atoms with E-state index in [1.165, 1.54) is 0 Å². The van der Waals surface area contributed by atoms with Crippen molar-refractivity contribution >= 4 is 15.2 Å². The van der Waals surface area contributed by atoms with Crippen LogP contribution < -0.4 is 0 Å². The van der Waals surface area contributed by atoms with Crippen LogP contribution in [-0.2, 0) is 27.2 Å². The van der Waals surface area contributed by atoms with Crippen molar-refractivity contribution in [1.82, 2.24) is 4.90 Å². The molecule has 0 heterocycles. The summed E-state index contributed by atoms with van der Waals surface area (Å²) < 4.78 is 45.0. The highest BCUT2D eigenvalue weighted by Crippen LogP contribution is 2.76. The molecular formula is C13H31NO7P2. The maximum atomic E-state index is 12.8. The Kier molecular flexibility index (Phi) is 10.4. The van der Waals surface area contributed by atoms with E-state index in [-0.39, 0.29) is 6.42 Å². The second kappa shape index (κ2) is 10.3. The number of rotatable bonds is 13. The standard InChI is InChI=1S/C13H31NO7P2/c1-7-8-9-11-14(2)12-10-13(15,22(16,18-3)19-4)23(17,20-5)21-6/h15H,7-12H2,1-6H3. The second-order valence-corrected chi connectivity index (χ2v) is 10.5. The van der Waals surface area contributed by atoms with Gasteiger partial charge in [-0.1, -0.05) is 19.8 Å². The third kappa shape index (κ3) is 5.35. The third-order valence-electron chi connectivity index (χ3n) is 3.81. The molecule has 0 saturated heterocycles. The molecule has 0 saturated carbocycles. The molecule has 0 aliphatic heterocycles. The lowest BCUT2D eigenvalue weighted by Crippen LogP contribution is -2.36. The summed E-state index contributed by atoms with van der Waals surface area (Å²) in [5.74, 6) is 0. The molecule has 0 atom stereocenters. The zero-order valence-electron chi connectivity index (χ0n) is 15.0. The van der Waals surface area contributed by atoms with Gasteiger partial charge in [-0.2, -0.15) is 0 Å². The van der Waals surface area contributed by atoms with E-state index in [1.807, 2.05) is 11.9 Å². The number of hydrogen-bond donors (Lipinski definition) is 1. The van der Waals surface area contributed by atoms with Gasteiger partial charge in [0.2, 0.25) is 0 Å². The van der Waals surface area contributed by atoms with Gasteiger partial charge >= 0.3 is 15.2 Å². The van der Waals surface area contributed by atoms with E-state index in [4.69, 9.17) is 18.1 Å². The van der Waals surface area contributed by atoms with Crippen molar-refractivity contribution in [2.24, 2.45) is 0 Å². The Morgan fingerprint density at radius 2 is 1.35 bits per heavy atom. The summed E-state index contributed by atoms with van der Waals surface area (Å²) in [5, 5.41) is 8.53. The molecule has 0 unspecified atom stereocenters. The summed E-state index contributed by atoms with van der Waals surface area (Å²) in [7, 11) is -1.91. The molecule has 8 nitrogen and oxygen atoms in total. The van der Waals surface area contributed by atoms with Crippen LogP contribution in [0, 0.1) is 0 Å². The van der Waals surface area contributed by atoms with E-state index in [2.05, 4.69) is 6.92 Å². The molecule has 0 radical (unpaired) electrons. The zero-order chi connectivity index (χ0) is 18.1. The summed E-state index contributed by atoms with van der Waals surface area (Å²) in [6.07, 6.45) is 3.05. The van der Waals surface area contributed by atoms with Crippen LogP contribution in [0.1, 0.15) is 32.6 Å². The average molecular weight is 375 g/mol. The minimum absolute atomic E-state index is 0.145. The number of nitrogens with zero attached hydrogens (tertiary/aromatic N) is 1. The monoisotopic (exact) mass is 375 g/mol. The maximum Gasteiger partial charge on any atom is 0.374 e. The Labute approximate surface area is 139 Å². The topological polar surface area (TPSA) is 94.5 Å². The fraction of sp³-hybridized carbons (Fsp3) is 1.00. The first-order chi connectivity index (χ1) is 10.7. The molecule has 0 rings (SSSR count). The number of unbranched alkanes of at least 4 members (excludes halogenated alkanes) is 2. The molecular weight excluding hydrogens is 344 g/mol. The van der Waals surface area contributed by atoms with E-state index >= 15 is 0 Å². The van der Waals surface area contributed by atoms with Gasteiger partial charge in [0.1, 0.15) is 0 Å². The van der Waals surface area contributed by atoms with Crippen LogP contribution in [0.3, 0.4) is 0 Å². The van der Waals surface area contributed by atoms with Crippen LogP contribution in [0.5, 0.6) is 0 Å². The van der Waals surface area contributed by atoms with Gasteiger partial charge < -0.3 is 28.1 Å². The van der Waals surface area contributed by atoms with E-state index < -0.39 is 20.3 Å². The molecule has 0 aromatic heterocycles. The number of aliphatic hydroxyl groups is 1. The van der Waals surface area contributed by atoms with Crippen molar-refractivity contribution in [2.75, 3.05) is 48.6 Å². The van der Waals surface area contributed by atoms with Crippen molar-refractivity contribution < 1.29 is 32.3 Å². The summed E-state index contributed by atoms with van der Waals surface area (Å²) in [6, 6.07) is 0. The Balaban J connectivity index is 5.32. The molecule has 0 aromatic carbocycles. The predicted octanol–water partition coefficient (Wildman–Crippen LogP) is 3.12. The number of hydrogen-bond acceptors (Lipinski definition) is 8. The first-order valence-electron chi connectivity index (χ1n) is 7.54. The highest BCUT2D eigenvalue weighted by Gasteiger charge is 2.63. The molecule has 0 amide bonds. The first kappa shape index (κ1) is 23.2. The van der Waals surface area contributed by atoms with Gasteiger partial charge in [0, 0.05) is 41.4 Å². The lowest BCUT2D eigenvalue weighted by atomic mass is 10.2. The van der Waals surface area contributed by atoms with Gasteiger partial charge in [-0.05, 0) is 20.0 Å². The largest absolute Gasteiger partial charge is 0.374 e. The van der Waals surface area contributed by atoms with E-state index in [9.17, 15) is 14.2 Å². The lowest BCUT2D eigenvalue weighted by molar-refractivity contribution is 0.0890. The molecule has 0 aromatic rings. The molecule has 0 aliphatic carbocycles. The van der Waals surface area contributed by atoms with Crippen LogP contribution in [0.4, 0.5) is 0 Å². The SMILES string of the molecule is CCCCCN(C)CCC(O)(P(=O)(OC)OC)P(=O)(OC)OC. The molecule has 0 fully saturated rings. The highest BCUT2D eigenvalue weighted by molar-refractivity contribution is 7.73. The molecule has 0 aliphatic rings. The average Bonchev–Trinajstić information content (AvgIpc) is 2.58. The molecule has 1 N–H and O–H groups in total.